The maximum absolute atomic E-state index is 15.0. The molecule has 35 heteroatoms. The number of rotatable bonds is 44. The second kappa shape index (κ2) is 43.5. The highest BCUT2D eigenvalue weighted by molar-refractivity contribution is 5.99. The average Bonchev–Trinajstić information content (AvgIpc) is 1.80. The molecule has 1 heterocycles. The van der Waals surface area contributed by atoms with Gasteiger partial charge in [0.1, 0.15) is 60.4 Å². The number of carbonyl (C=O) groups is 11. The van der Waals surface area contributed by atoms with Gasteiger partial charge in [0.15, 0.2) is 23.8 Å². The number of nitrogens with one attached hydrogen (secondary N) is 9. The van der Waals surface area contributed by atoms with E-state index in [2.05, 4.69) is 67.8 Å². The van der Waals surface area contributed by atoms with Crippen molar-refractivity contribution < 1.29 is 52.7 Å². The lowest BCUT2D eigenvalue weighted by atomic mass is 9.94. The molecule has 29 N–H and O–H groups in total. The largest absolute Gasteiger partial charge is 0.370 e. The maximum atomic E-state index is 15.0. The molecular weight excluding hydrogens is 1260 g/mol. The van der Waals surface area contributed by atoms with Crippen LogP contribution in [-0.2, 0) is 59.2 Å². The molecule has 97 heavy (non-hydrogen) atoms. The summed E-state index contributed by atoms with van der Waals surface area (Å²) in [5.74, 6) is -10.3. The van der Waals surface area contributed by atoms with Crippen molar-refractivity contribution in [3.8, 4) is 0 Å². The Morgan fingerprint density at radius 3 is 1.32 bits per heavy atom. The van der Waals surface area contributed by atoms with E-state index in [9.17, 15) is 52.7 Å². The first-order valence-corrected chi connectivity index (χ1v) is 33.0. The van der Waals surface area contributed by atoms with Gasteiger partial charge in [-0.05, 0) is 108 Å². The minimum absolute atomic E-state index is 0.00585. The minimum atomic E-state index is -1.35. The summed E-state index contributed by atoms with van der Waals surface area (Å²) in [7, 11) is 0. The van der Waals surface area contributed by atoms with E-state index in [1.165, 1.54) is 18.7 Å². The number of likely N-dealkylation sites (tertiary alicyclic amines) is 1. The van der Waals surface area contributed by atoms with Crippen LogP contribution in [0.4, 0.5) is 0 Å². The third kappa shape index (κ3) is 31.2. The lowest BCUT2D eigenvalue weighted by Gasteiger charge is -2.32. The molecular formula is C62H110N24O11. The van der Waals surface area contributed by atoms with Crippen molar-refractivity contribution in [3.05, 3.63) is 35.9 Å². The first-order valence-electron chi connectivity index (χ1n) is 33.0. The highest BCUT2D eigenvalue weighted by Crippen LogP contribution is 2.22. The van der Waals surface area contributed by atoms with Crippen molar-refractivity contribution in [2.75, 3.05) is 32.7 Å². The van der Waals surface area contributed by atoms with Gasteiger partial charge in [0.2, 0.25) is 65.0 Å². The van der Waals surface area contributed by atoms with Crippen LogP contribution in [-0.4, -0.2) is 193 Å². The van der Waals surface area contributed by atoms with Gasteiger partial charge in [0.05, 0.1) is 6.04 Å². The third-order valence-corrected chi connectivity index (χ3v) is 16.2. The molecule has 0 unspecified atom stereocenters. The van der Waals surface area contributed by atoms with Crippen molar-refractivity contribution in [2.24, 2.45) is 95.1 Å². The first kappa shape index (κ1) is 83.5. The smallest absolute Gasteiger partial charge is 0.245 e. The Hall–Kier alpha value is -9.57. The quantitative estimate of drug-likeness (QED) is 0.0165. The normalized spacial score (nSPS) is 16.3. The van der Waals surface area contributed by atoms with Crippen LogP contribution in [0.5, 0.6) is 0 Å². The van der Waals surface area contributed by atoms with Crippen LogP contribution >= 0.6 is 0 Å². The lowest BCUT2D eigenvalue weighted by Crippen LogP contribution is -2.62. The fourth-order valence-corrected chi connectivity index (χ4v) is 10.3. The molecule has 11 amide bonds. The molecule has 1 aliphatic rings. The maximum Gasteiger partial charge on any atom is 0.245 e. The van der Waals surface area contributed by atoms with Gasteiger partial charge < -0.3 is 110 Å². The van der Waals surface area contributed by atoms with Gasteiger partial charge in [0.25, 0.3) is 0 Å². The number of nitrogens with two attached hydrogens (primary N) is 10. The van der Waals surface area contributed by atoms with Crippen molar-refractivity contribution in [1.82, 2.24) is 52.8 Å². The van der Waals surface area contributed by atoms with Crippen molar-refractivity contribution in [1.29, 1.82) is 0 Å². The van der Waals surface area contributed by atoms with Gasteiger partial charge in [-0.3, -0.25) is 72.7 Å². The van der Waals surface area contributed by atoms with Crippen molar-refractivity contribution in [3.63, 3.8) is 0 Å². The van der Waals surface area contributed by atoms with Crippen LogP contribution < -0.4 is 105 Å². The first-order chi connectivity index (χ1) is 45.7. The number of carbonyl (C=O) groups excluding carboxylic acids is 11. The summed E-state index contributed by atoms with van der Waals surface area (Å²) in [5, 5.41) is 24.5. The Morgan fingerprint density at radius 1 is 0.464 bits per heavy atom. The molecule has 1 saturated heterocycles. The Bertz CT molecular complexity index is 2880. The zero-order valence-electron chi connectivity index (χ0n) is 57.4. The summed E-state index contributed by atoms with van der Waals surface area (Å²) >= 11 is 0. The summed E-state index contributed by atoms with van der Waals surface area (Å²) in [6, 6.07) is -4.80. The highest BCUT2D eigenvalue weighted by Gasteiger charge is 2.41. The fraction of sp³-hybridized carbons (Fsp3) is 0.661. The fourth-order valence-electron chi connectivity index (χ4n) is 10.3. The second-order valence-corrected chi connectivity index (χ2v) is 24.8. The molecule has 1 aromatic rings. The molecule has 13 atom stereocenters. The topological polar surface area (TPSA) is 609 Å². The molecule has 35 nitrogen and oxygen atoms in total. The van der Waals surface area contributed by atoms with Gasteiger partial charge in [-0.15, -0.1) is 0 Å². The van der Waals surface area contributed by atoms with E-state index in [-0.39, 0.29) is 133 Å². The van der Waals surface area contributed by atoms with E-state index in [0.29, 0.717) is 24.8 Å². The number of nitrogens with zero attached hydrogens (tertiary/aromatic N) is 5. The number of aliphatic imine (C=N–C) groups is 4. The summed E-state index contributed by atoms with van der Waals surface area (Å²) in [6.07, 6.45) is 1.93. The van der Waals surface area contributed by atoms with E-state index in [1.54, 1.807) is 58.0 Å². The van der Waals surface area contributed by atoms with E-state index < -0.39 is 143 Å². The molecule has 0 bridgehead atoms. The molecule has 0 saturated carbocycles. The molecule has 0 aromatic heterocycles. The van der Waals surface area contributed by atoms with Crippen LogP contribution in [0.25, 0.3) is 0 Å². The number of hydrogen-bond donors (Lipinski definition) is 19. The Balaban J connectivity index is 2.55. The summed E-state index contributed by atoms with van der Waals surface area (Å²) in [6.45, 7) is 13.9. The molecule has 2 rings (SSSR count). The van der Waals surface area contributed by atoms with E-state index in [4.69, 9.17) is 57.3 Å². The van der Waals surface area contributed by atoms with Crippen LogP contribution in [0.2, 0.25) is 0 Å². The van der Waals surface area contributed by atoms with Gasteiger partial charge in [-0.2, -0.15) is 0 Å². The molecule has 544 valence electrons. The van der Waals surface area contributed by atoms with Crippen molar-refractivity contribution >= 4 is 88.8 Å². The Kier molecular flexibility index (Phi) is 37.4. The van der Waals surface area contributed by atoms with E-state index in [0.717, 1.165) is 0 Å². The highest BCUT2D eigenvalue weighted by atomic mass is 16.2. The number of hydrogen-bond acceptors (Lipinski definition) is 16. The zero-order chi connectivity index (χ0) is 73.1. The standard InChI is InChI=1S/C62H110N24O11/c1-9-34(5)46(85-57(96)47(35(6)10-2)84-52(91)41(23-16-28-75-61(69)70)79-50(89)37(8)77-49(88)36(7)63)56(95)83-43(31-33(3)4)53(92)81-42(24-17-29-76-62(71)72)58(97)86-30-18-25-45(86)55(94)80-40(22-15-27-74-60(67)68)51(90)82-44(32-38-19-12-11-13-20-38)54(93)78-39(48(64)87)21-14-26-73-59(65)66/h11-13,19-20,33-37,39-47H,9-10,14-18,21-32,63H2,1-8H3,(H2,64,87)(H,77,88)(H,78,93)(H,79,89)(H,80,94)(H,81,92)(H,82,90)(H,83,95)(H,84,91)(H,85,96)(H4,65,66,73)(H4,67,68,74)(H4,69,70,75)(H4,71,72,76)/t34-,35-,36-,37-,39-,40-,41-,42-,43-,44-,45-,46-,47-/m0/s1. The molecule has 0 radical (unpaired) electrons. The van der Waals surface area contributed by atoms with Crippen LogP contribution in [0.15, 0.2) is 50.3 Å². The van der Waals surface area contributed by atoms with Crippen LogP contribution in [0.1, 0.15) is 144 Å². The summed E-state index contributed by atoms with van der Waals surface area (Å²) < 4.78 is 0. The van der Waals surface area contributed by atoms with Gasteiger partial charge in [-0.1, -0.05) is 84.7 Å². The monoisotopic (exact) mass is 1370 g/mol. The van der Waals surface area contributed by atoms with Gasteiger partial charge >= 0.3 is 0 Å². The number of guanidine groups is 4. The molecule has 0 aliphatic carbocycles. The Morgan fingerprint density at radius 2 is 0.856 bits per heavy atom. The lowest BCUT2D eigenvalue weighted by molar-refractivity contribution is -0.143. The predicted octanol–water partition coefficient (Wildman–Crippen LogP) is -5.21. The minimum Gasteiger partial charge on any atom is -0.370 e. The number of amides is 11. The molecule has 1 fully saturated rings. The predicted molar refractivity (Wildman–Crippen MR) is 369 cm³/mol. The van der Waals surface area contributed by atoms with Gasteiger partial charge in [0, 0.05) is 39.1 Å². The summed E-state index contributed by atoms with van der Waals surface area (Å²) in [5.41, 5.74) is 56.3. The second-order valence-electron chi connectivity index (χ2n) is 24.8. The van der Waals surface area contributed by atoms with Gasteiger partial charge in [-0.25, -0.2) is 0 Å². The number of primary amides is 1. The Labute approximate surface area is 567 Å². The summed E-state index contributed by atoms with van der Waals surface area (Å²) in [4.78, 5) is 172. The SMILES string of the molecule is CC[C@H](C)[C@H](NC(=O)[C@H](CCCN=C(N)N)NC(=O)[C@H](C)NC(=O)[C@H](C)N)C(=O)N[C@H](C(=O)N[C@@H](CC(C)C)C(=O)N[C@@H](CCCN=C(N)N)C(=O)N1CCC[C@H]1C(=O)N[C@@H](CCCN=C(N)N)C(=O)N[C@@H](Cc1ccccc1)C(=O)N[C@@H](CCCN=C(N)N)C(N)=O)[C@@H](C)CC. The van der Waals surface area contributed by atoms with E-state index >= 15 is 0 Å². The molecule has 1 aromatic carbocycles. The number of benzene rings is 1. The van der Waals surface area contributed by atoms with E-state index in [1.807, 2.05) is 13.8 Å². The molecule has 0 spiro atoms. The van der Waals surface area contributed by atoms with Crippen LogP contribution in [0, 0.1) is 17.8 Å². The molecule has 1 aliphatic heterocycles. The van der Waals surface area contributed by atoms with Crippen LogP contribution in [0.3, 0.4) is 0 Å². The zero-order valence-corrected chi connectivity index (χ0v) is 57.4. The third-order valence-electron chi connectivity index (χ3n) is 16.2. The average molecular weight is 1370 g/mol. The van der Waals surface area contributed by atoms with Crippen molar-refractivity contribution in [2.45, 2.75) is 212 Å².